The van der Waals surface area contributed by atoms with E-state index in [4.69, 9.17) is 13.7 Å². The fourth-order valence-corrected chi connectivity index (χ4v) is 6.81. The van der Waals surface area contributed by atoms with E-state index >= 15 is 0 Å². The molecule has 0 radical (unpaired) electrons. The molecule has 2 aliphatic carbocycles. The number of aliphatic hydroxyl groups is 1. The van der Waals surface area contributed by atoms with Gasteiger partial charge in [-0.1, -0.05) is 24.6 Å². The van der Waals surface area contributed by atoms with E-state index in [1.807, 2.05) is 13.8 Å². The molecule has 0 spiro atoms. The molecule has 0 amide bonds. The number of methoxy groups -OCH3 is 1. The summed E-state index contributed by atoms with van der Waals surface area (Å²) in [5.41, 5.74) is -0.608. The van der Waals surface area contributed by atoms with Crippen molar-refractivity contribution in [2.45, 2.75) is 68.8 Å². The lowest BCUT2D eigenvalue weighted by molar-refractivity contribution is -0.246. The quantitative estimate of drug-likeness (QED) is 0.769. The zero-order valence-electron chi connectivity index (χ0n) is 16.8. The van der Waals surface area contributed by atoms with Crippen LogP contribution in [0.15, 0.2) is 29.2 Å². The molecule has 3 aliphatic rings. The van der Waals surface area contributed by atoms with Gasteiger partial charge in [-0.15, -0.1) is 0 Å². The van der Waals surface area contributed by atoms with Crippen LogP contribution in [0.25, 0.3) is 0 Å². The van der Waals surface area contributed by atoms with Crippen molar-refractivity contribution in [2.24, 2.45) is 17.3 Å². The Balaban J connectivity index is 1.56. The fourth-order valence-electron chi connectivity index (χ4n) is 5.61. The average Bonchev–Trinajstić information content (AvgIpc) is 2.93. The zero-order valence-corrected chi connectivity index (χ0v) is 17.6. The van der Waals surface area contributed by atoms with Crippen LogP contribution in [0, 0.1) is 24.2 Å². The van der Waals surface area contributed by atoms with Gasteiger partial charge >= 0.3 is 0 Å². The molecule has 1 saturated heterocycles. The normalized spacial score (nSPS) is 40.7. The highest BCUT2D eigenvalue weighted by molar-refractivity contribution is 7.86. The Morgan fingerprint density at radius 3 is 2.57 bits per heavy atom. The Morgan fingerprint density at radius 2 is 1.89 bits per heavy atom. The third kappa shape index (κ3) is 3.12. The molecule has 1 heterocycles. The van der Waals surface area contributed by atoms with Crippen LogP contribution >= 0.6 is 0 Å². The van der Waals surface area contributed by atoms with Gasteiger partial charge in [0.15, 0.2) is 6.29 Å². The molecule has 28 heavy (non-hydrogen) atoms. The molecule has 156 valence electrons. The van der Waals surface area contributed by atoms with Gasteiger partial charge in [0.25, 0.3) is 10.1 Å². The van der Waals surface area contributed by atoms with E-state index in [-0.39, 0.29) is 17.1 Å². The monoisotopic (exact) mass is 410 g/mol. The van der Waals surface area contributed by atoms with Gasteiger partial charge in [-0.05, 0) is 50.7 Å². The van der Waals surface area contributed by atoms with Gasteiger partial charge in [-0.25, -0.2) is 0 Å². The van der Waals surface area contributed by atoms with E-state index in [9.17, 15) is 13.5 Å². The third-order valence-electron chi connectivity index (χ3n) is 7.48. The van der Waals surface area contributed by atoms with Crippen molar-refractivity contribution in [1.29, 1.82) is 0 Å². The van der Waals surface area contributed by atoms with E-state index in [0.717, 1.165) is 24.8 Å². The van der Waals surface area contributed by atoms with Crippen LogP contribution < -0.4 is 0 Å². The molecule has 4 rings (SSSR count). The first kappa shape index (κ1) is 20.3. The summed E-state index contributed by atoms with van der Waals surface area (Å²) in [6.45, 7) is 4.33. The first-order valence-electron chi connectivity index (χ1n) is 10.1. The van der Waals surface area contributed by atoms with Crippen LogP contribution in [0.5, 0.6) is 0 Å². The molecule has 1 aromatic carbocycles. The topological polar surface area (TPSA) is 82.1 Å². The van der Waals surface area contributed by atoms with E-state index in [1.165, 1.54) is 0 Å². The number of benzene rings is 1. The number of hydrogen-bond donors (Lipinski definition) is 1. The minimum absolute atomic E-state index is 0.0201. The molecule has 1 aliphatic heterocycles. The molecule has 6 atom stereocenters. The van der Waals surface area contributed by atoms with Crippen LogP contribution in [-0.4, -0.2) is 45.2 Å². The Kier molecular flexibility index (Phi) is 5.11. The first-order valence-corrected chi connectivity index (χ1v) is 11.5. The SMILES string of the molecule is COC1C[C@H]2CC[C@@]3(C)[C@H](OS(=O)(=O)c4ccc(C)cc4)CC[C@@]3(O)[C@@H]2CO1. The van der Waals surface area contributed by atoms with Crippen LogP contribution in [-0.2, 0) is 23.8 Å². The Labute approximate surface area is 167 Å². The molecule has 1 aromatic rings. The molecular formula is C21H30O6S. The third-order valence-corrected chi connectivity index (χ3v) is 8.81. The maximum atomic E-state index is 12.8. The van der Waals surface area contributed by atoms with Gasteiger partial charge in [0.2, 0.25) is 0 Å². The summed E-state index contributed by atoms with van der Waals surface area (Å²) < 4.78 is 42.5. The summed E-state index contributed by atoms with van der Waals surface area (Å²) in [5.74, 6) is 0.303. The fraction of sp³-hybridized carbons (Fsp3) is 0.714. The summed E-state index contributed by atoms with van der Waals surface area (Å²) in [6.07, 6.45) is 2.71. The molecule has 6 nitrogen and oxygen atoms in total. The summed E-state index contributed by atoms with van der Waals surface area (Å²) in [7, 11) is -2.24. The zero-order chi connectivity index (χ0) is 20.2. The standard InChI is InChI=1S/C21H30O6S/c1-14-4-6-16(7-5-14)28(23,24)27-18-9-11-21(22)17-13-26-19(25-3)12-15(17)8-10-20(18,21)2/h4-7,15,17-19,22H,8-13H2,1-3H3/t15-,17-,18-,19?,20+,21-/m1/s1. The van der Waals surface area contributed by atoms with Crippen LogP contribution in [0.1, 0.15) is 44.6 Å². The average molecular weight is 411 g/mol. The summed E-state index contributed by atoms with van der Waals surface area (Å²) in [5, 5.41) is 11.7. The Morgan fingerprint density at radius 1 is 1.18 bits per heavy atom. The smallest absolute Gasteiger partial charge is 0.297 e. The van der Waals surface area contributed by atoms with Crippen molar-refractivity contribution in [2.75, 3.05) is 13.7 Å². The highest BCUT2D eigenvalue weighted by Gasteiger charge is 2.65. The van der Waals surface area contributed by atoms with Crippen molar-refractivity contribution in [3.8, 4) is 0 Å². The highest BCUT2D eigenvalue weighted by atomic mass is 32.2. The van der Waals surface area contributed by atoms with E-state index < -0.39 is 27.2 Å². The largest absolute Gasteiger partial charge is 0.389 e. The van der Waals surface area contributed by atoms with Crippen molar-refractivity contribution >= 4 is 10.1 Å². The molecular weight excluding hydrogens is 380 g/mol. The van der Waals surface area contributed by atoms with Crippen LogP contribution in [0.2, 0.25) is 0 Å². The minimum atomic E-state index is -3.88. The van der Waals surface area contributed by atoms with E-state index in [1.54, 1.807) is 31.4 Å². The Bertz CT molecular complexity index is 822. The van der Waals surface area contributed by atoms with E-state index in [0.29, 0.717) is 25.4 Å². The summed E-state index contributed by atoms with van der Waals surface area (Å²) >= 11 is 0. The van der Waals surface area contributed by atoms with Gasteiger partial charge in [0.05, 0.1) is 23.2 Å². The van der Waals surface area contributed by atoms with Crippen molar-refractivity contribution in [1.82, 2.24) is 0 Å². The van der Waals surface area contributed by atoms with Crippen molar-refractivity contribution in [3.63, 3.8) is 0 Å². The molecule has 3 fully saturated rings. The van der Waals surface area contributed by atoms with Crippen molar-refractivity contribution < 1.29 is 27.2 Å². The second-order valence-corrected chi connectivity index (χ2v) is 10.4. The molecule has 7 heteroatoms. The number of aryl methyl sites for hydroxylation is 1. The Hall–Kier alpha value is -0.990. The lowest BCUT2D eigenvalue weighted by atomic mass is 9.56. The van der Waals surface area contributed by atoms with E-state index in [2.05, 4.69) is 0 Å². The van der Waals surface area contributed by atoms with Crippen LogP contribution in [0.4, 0.5) is 0 Å². The van der Waals surface area contributed by atoms with Gasteiger partial charge < -0.3 is 14.6 Å². The molecule has 0 bridgehead atoms. The van der Waals surface area contributed by atoms with Gasteiger partial charge in [-0.2, -0.15) is 8.42 Å². The molecule has 1 unspecified atom stereocenters. The summed E-state index contributed by atoms with van der Waals surface area (Å²) in [4.78, 5) is 0.162. The molecule has 2 saturated carbocycles. The lowest BCUT2D eigenvalue weighted by Crippen LogP contribution is -2.61. The number of rotatable bonds is 4. The highest BCUT2D eigenvalue weighted by Crippen LogP contribution is 2.61. The van der Waals surface area contributed by atoms with Gasteiger partial charge in [0.1, 0.15) is 0 Å². The lowest BCUT2D eigenvalue weighted by Gasteiger charge is -2.55. The maximum absolute atomic E-state index is 12.8. The van der Waals surface area contributed by atoms with Gasteiger partial charge in [0, 0.05) is 24.9 Å². The number of ether oxygens (including phenoxy) is 2. The predicted molar refractivity (Wildman–Crippen MR) is 103 cm³/mol. The summed E-state index contributed by atoms with van der Waals surface area (Å²) in [6, 6.07) is 6.68. The first-order chi connectivity index (χ1) is 13.2. The van der Waals surface area contributed by atoms with Crippen molar-refractivity contribution in [3.05, 3.63) is 29.8 Å². The van der Waals surface area contributed by atoms with Crippen LogP contribution in [0.3, 0.4) is 0 Å². The maximum Gasteiger partial charge on any atom is 0.297 e. The van der Waals surface area contributed by atoms with Gasteiger partial charge in [-0.3, -0.25) is 4.18 Å². The number of fused-ring (bicyclic) bond motifs is 3. The second-order valence-electron chi connectivity index (χ2n) is 8.87. The number of hydrogen-bond acceptors (Lipinski definition) is 6. The minimum Gasteiger partial charge on any atom is -0.389 e. The molecule has 0 aromatic heterocycles. The second kappa shape index (κ2) is 7.06. The molecule has 1 N–H and O–H groups in total. The predicted octanol–water partition coefficient (Wildman–Crippen LogP) is 3.02.